The molecule has 1 N–H and O–H groups in total. The van der Waals surface area contributed by atoms with Gasteiger partial charge in [0.15, 0.2) is 0 Å². The van der Waals surface area contributed by atoms with E-state index >= 15 is 0 Å². The summed E-state index contributed by atoms with van der Waals surface area (Å²) in [5.41, 5.74) is -0.698. The fraction of sp³-hybridized carbons (Fsp3) is 0.150. The van der Waals surface area contributed by atoms with Crippen LogP contribution in [-0.4, -0.2) is 15.5 Å². The van der Waals surface area contributed by atoms with E-state index in [0.717, 1.165) is 16.7 Å². The fourth-order valence-electron chi connectivity index (χ4n) is 2.75. The van der Waals surface area contributed by atoms with Crippen molar-refractivity contribution >= 4 is 11.6 Å². The number of aromatic nitrogens is 2. The van der Waals surface area contributed by atoms with Crippen molar-refractivity contribution in [2.45, 2.75) is 19.6 Å². The fourth-order valence-corrected chi connectivity index (χ4v) is 2.75. The molecule has 1 heterocycles. The Balaban J connectivity index is 1.93. The largest absolute Gasteiger partial charge is 0.418 e. The molecule has 0 aliphatic rings. The number of amides is 1. The number of alkyl halides is 3. The van der Waals surface area contributed by atoms with Gasteiger partial charge in [-0.1, -0.05) is 42.5 Å². The van der Waals surface area contributed by atoms with Crippen molar-refractivity contribution in [1.29, 1.82) is 0 Å². The third-order valence-electron chi connectivity index (χ3n) is 3.98. The van der Waals surface area contributed by atoms with Crippen LogP contribution in [0.4, 0.5) is 18.9 Å². The van der Waals surface area contributed by atoms with Crippen molar-refractivity contribution in [3.05, 3.63) is 82.3 Å². The standard InChI is InChI=1S/C20H16F3N3O2/c1-13-11-18(28)26(19(24-13)14-7-3-2-4-8-14)12-17(27)25-16-10-6-5-9-15(16)20(21,22)23/h2-11H,12H2,1H3,(H,25,27). The highest BCUT2D eigenvalue weighted by molar-refractivity contribution is 5.91. The van der Waals surface area contributed by atoms with E-state index in [2.05, 4.69) is 10.3 Å². The lowest BCUT2D eigenvalue weighted by atomic mass is 10.1. The van der Waals surface area contributed by atoms with Gasteiger partial charge in [0, 0.05) is 17.3 Å². The van der Waals surface area contributed by atoms with Crippen molar-refractivity contribution in [3.8, 4) is 11.4 Å². The van der Waals surface area contributed by atoms with Crippen molar-refractivity contribution in [3.63, 3.8) is 0 Å². The van der Waals surface area contributed by atoms with Gasteiger partial charge in [-0.05, 0) is 19.1 Å². The minimum Gasteiger partial charge on any atom is -0.324 e. The summed E-state index contributed by atoms with van der Waals surface area (Å²) in [5, 5.41) is 2.24. The third kappa shape index (κ3) is 4.28. The topological polar surface area (TPSA) is 64.0 Å². The smallest absolute Gasteiger partial charge is 0.324 e. The number of carbonyl (C=O) groups is 1. The first-order valence-corrected chi connectivity index (χ1v) is 8.35. The molecule has 2 aromatic carbocycles. The number of hydrogen-bond acceptors (Lipinski definition) is 3. The lowest BCUT2D eigenvalue weighted by molar-refractivity contribution is -0.137. The van der Waals surface area contributed by atoms with Gasteiger partial charge in [-0.2, -0.15) is 13.2 Å². The molecule has 8 heteroatoms. The van der Waals surface area contributed by atoms with Gasteiger partial charge in [0.2, 0.25) is 5.91 Å². The summed E-state index contributed by atoms with van der Waals surface area (Å²) in [6.45, 7) is 1.18. The number of hydrogen-bond donors (Lipinski definition) is 1. The molecule has 0 radical (unpaired) electrons. The summed E-state index contributed by atoms with van der Waals surface area (Å²) >= 11 is 0. The maximum atomic E-state index is 13.1. The summed E-state index contributed by atoms with van der Waals surface area (Å²) in [6, 6.07) is 14.7. The van der Waals surface area contributed by atoms with Crippen LogP contribution in [0.5, 0.6) is 0 Å². The molecule has 0 unspecified atom stereocenters. The van der Waals surface area contributed by atoms with Crippen LogP contribution in [0.2, 0.25) is 0 Å². The Labute approximate surface area is 158 Å². The van der Waals surface area contributed by atoms with Crippen LogP contribution < -0.4 is 10.9 Å². The van der Waals surface area contributed by atoms with E-state index in [9.17, 15) is 22.8 Å². The minimum absolute atomic E-state index is 0.268. The maximum absolute atomic E-state index is 13.1. The molecule has 144 valence electrons. The molecule has 0 aliphatic carbocycles. The number of nitrogens with one attached hydrogen (secondary N) is 1. The number of aryl methyl sites for hydroxylation is 1. The Hall–Kier alpha value is -3.42. The molecule has 1 aromatic heterocycles. The van der Waals surface area contributed by atoms with Gasteiger partial charge in [-0.25, -0.2) is 4.98 Å². The Kier molecular flexibility index (Phi) is 5.30. The second-order valence-electron chi connectivity index (χ2n) is 6.10. The highest BCUT2D eigenvalue weighted by Crippen LogP contribution is 2.34. The van der Waals surface area contributed by atoms with Crippen LogP contribution in [0.3, 0.4) is 0 Å². The number of anilines is 1. The average molecular weight is 387 g/mol. The minimum atomic E-state index is -4.61. The van der Waals surface area contributed by atoms with Gasteiger partial charge < -0.3 is 5.32 Å². The van der Waals surface area contributed by atoms with Gasteiger partial charge in [0.25, 0.3) is 5.56 Å². The monoisotopic (exact) mass is 387 g/mol. The quantitative estimate of drug-likeness (QED) is 0.739. The first kappa shape index (κ1) is 19.3. The van der Waals surface area contributed by atoms with Crippen LogP contribution in [0.25, 0.3) is 11.4 Å². The molecular formula is C20H16F3N3O2. The Morgan fingerprint density at radius 3 is 2.39 bits per heavy atom. The zero-order chi connectivity index (χ0) is 20.3. The molecule has 0 saturated heterocycles. The zero-order valence-corrected chi connectivity index (χ0v) is 14.8. The normalized spacial score (nSPS) is 11.3. The lowest BCUT2D eigenvalue weighted by Gasteiger charge is -2.15. The van der Waals surface area contributed by atoms with Crippen molar-refractivity contribution < 1.29 is 18.0 Å². The molecule has 0 bridgehead atoms. The van der Waals surface area contributed by atoms with Gasteiger partial charge in [-0.3, -0.25) is 14.2 Å². The molecule has 0 fully saturated rings. The number of rotatable bonds is 4. The second kappa shape index (κ2) is 7.67. The number of carbonyl (C=O) groups excluding carboxylic acids is 1. The van der Waals surface area contributed by atoms with Crippen LogP contribution in [0, 0.1) is 6.92 Å². The molecular weight excluding hydrogens is 371 g/mol. The predicted molar refractivity (Wildman–Crippen MR) is 98.7 cm³/mol. The highest BCUT2D eigenvalue weighted by Gasteiger charge is 2.33. The number of benzene rings is 2. The Morgan fingerprint density at radius 1 is 1.07 bits per heavy atom. The van der Waals surface area contributed by atoms with Crippen LogP contribution in [-0.2, 0) is 17.5 Å². The molecule has 0 saturated carbocycles. The van der Waals surface area contributed by atoms with E-state index < -0.39 is 29.8 Å². The number of para-hydroxylation sites is 1. The van der Waals surface area contributed by atoms with E-state index in [1.54, 1.807) is 37.3 Å². The predicted octanol–water partition coefficient (Wildman–Crippen LogP) is 3.88. The van der Waals surface area contributed by atoms with Crippen LogP contribution >= 0.6 is 0 Å². The van der Waals surface area contributed by atoms with Crippen molar-refractivity contribution in [1.82, 2.24) is 9.55 Å². The molecule has 0 atom stereocenters. The maximum Gasteiger partial charge on any atom is 0.418 e. The molecule has 0 spiro atoms. The first-order valence-electron chi connectivity index (χ1n) is 8.35. The summed E-state index contributed by atoms with van der Waals surface area (Å²) in [5.74, 6) is -0.494. The van der Waals surface area contributed by atoms with E-state index in [-0.39, 0.29) is 11.5 Å². The number of nitrogens with zero attached hydrogens (tertiary/aromatic N) is 2. The highest BCUT2D eigenvalue weighted by atomic mass is 19.4. The van der Waals surface area contributed by atoms with Gasteiger partial charge in [0.05, 0.1) is 11.3 Å². The third-order valence-corrected chi connectivity index (χ3v) is 3.98. The zero-order valence-electron chi connectivity index (χ0n) is 14.8. The van der Waals surface area contributed by atoms with Gasteiger partial charge in [-0.15, -0.1) is 0 Å². The molecule has 3 rings (SSSR count). The SMILES string of the molecule is Cc1cc(=O)n(CC(=O)Nc2ccccc2C(F)(F)F)c(-c2ccccc2)n1. The average Bonchev–Trinajstić information content (AvgIpc) is 2.64. The lowest BCUT2D eigenvalue weighted by Crippen LogP contribution is -2.30. The molecule has 28 heavy (non-hydrogen) atoms. The van der Waals surface area contributed by atoms with E-state index in [0.29, 0.717) is 11.3 Å². The van der Waals surface area contributed by atoms with Crippen molar-refractivity contribution in [2.75, 3.05) is 5.32 Å². The summed E-state index contributed by atoms with van der Waals surface area (Å²) in [7, 11) is 0. The van der Waals surface area contributed by atoms with Crippen molar-refractivity contribution in [2.24, 2.45) is 0 Å². The van der Waals surface area contributed by atoms with E-state index in [1.165, 1.54) is 18.2 Å². The Morgan fingerprint density at radius 2 is 1.71 bits per heavy atom. The van der Waals surface area contributed by atoms with Gasteiger partial charge in [0.1, 0.15) is 12.4 Å². The summed E-state index contributed by atoms with van der Waals surface area (Å²) < 4.78 is 40.4. The Bertz CT molecular complexity index is 1060. The van der Waals surface area contributed by atoms with Crippen LogP contribution in [0.1, 0.15) is 11.3 Å². The molecule has 0 aliphatic heterocycles. The molecule has 3 aromatic rings. The first-order chi connectivity index (χ1) is 13.3. The van der Waals surface area contributed by atoms with Gasteiger partial charge >= 0.3 is 6.18 Å². The summed E-state index contributed by atoms with van der Waals surface area (Å²) in [6.07, 6.45) is -4.61. The van der Waals surface area contributed by atoms with Crippen LogP contribution in [0.15, 0.2) is 65.5 Å². The molecule has 5 nitrogen and oxygen atoms in total. The van der Waals surface area contributed by atoms with E-state index in [4.69, 9.17) is 0 Å². The van der Waals surface area contributed by atoms with E-state index in [1.807, 2.05) is 0 Å². The molecule has 1 amide bonds. The summed E-state index contributed by atoms with van der Waals surface area (Å²) in [4.78, 5) is 29.2. The second-order valence-corrected chi connectivity index (χ2v) is 6.10. The number of halogens is 3.